The van der Waals surface area contributed by atoms with E-state index in [4.69, 9.17) is 4.74 Å². The standard InChI is InChI=1S/C17H17N3O4/c21-17(19-14-6-2-3-7-15(14)20(22)23)18-10-12-9-13-5-1-4-8-16(13)24-11-12/h1-8,12H,9-11H2,(H2,18,19,21)/t12-/m1/s1. The Bertz CT molecular complexity index is 763. The monoisotopic (exact) mass is 327 g/mol. The molecule has 0 aliphatic carbocycles. The molecule has 0 unspecified atom stereocenters. The van der Waals surface area contributed by atoms with Gasteiger partial charge in [-0.05, 0) is 24.1 Å². The lowest BCUT2D eigenvalue weighted by Gasteiger charge is -2.25. The maximum absolute atomic E-state index is 12.0. The van der Waals surface area contributed by atoms with Crippen LogP contribution in [0.2, 0.25) is 0 Å². The molecule has 124 valence electrons. The van der Waals surface area contributed by atoms with Crippen molar-refractivity contribution in [2.45, 2.75) is 6.42 Å². The molecule has 0 saturated heterocycles. The Morgan fingerprint density at radius 1 is 1.21 bits per heavy atom. The van der Waals surface area contributed by atoms with E-state index in [9.17, 15) is 14.9 Å². The van der Waals surface area contributed by atoms with Gasteiger partial charge in [0.05, 0.1) is 11.5 Å². The zero-order chi connectivity index (χ0) is 16.9. The molecule has 0 radical (unpaired) electrons. The summed E-state index contributed by atoms with van der Waals surface area (Å²) in [4.78, 5) is 22.4. The minimum atomic E-state index is -0.526. The van der Waals surface area contributed by atoms with Crippen molar-refractivity contribution in [3.05, 3.63) is 64.2 Å². The van der Waals surface area contributed by atoms with Crippen LogP contribution in [-0.4, -0.2) is 24.1 Å². The van der Waals surface area contributed by atoms with Gasteiger partial charge in [0.25, 0.3) is 5.69 Å². The van der Waals surface area contributed by atoms with Gasteiger partial charge in [0.2, 0.25) is 0 Å². The molecule has 1 atom stereocenters. The molecule has 2 aromatic rings. The van der Waals surface area contributed by atoms with Gasteiger partial charge in [-0.1, -0.05) is 30.3 Å². The van der Waals surface area contributed by atoms with Crippen LogP contribution >= 0.6 is 0 Å². The predicted molar refractivity (Wildman–Crippen MR) is 89.2 cm³/mol. The molecule has 1 aliphatic rings. The van der Waals surface area contributed by atoms with Gasteiger partial charge in [-0.25, -0.2) is 4.79 Å². The van der Waals surface area contributed by atoms with Crippen molar-refractivity contribution in [3.63, 3.8) is 0 Å². The number of nitrogens with one attached hydrogen (secondary N) is 2. The second kappa shape index (κ2) is 6.99. The molecule has 1 aliphatic heterocycles. The summed E-state index contributed by atoms with van der Waals surface area (Å²) in [5.41, 5.74) is 1.16. The maximum Gasteiger partial charge on any atom is 0.319 e. The van der Waals surface area contributed by atoms with Gasteiger partial charge in [0, 0.05) is 18.5 Å². The first-order valence-corrected chi connectivity index (χ1v) is 7.62. The highest BCUT2D eigenvalue weighted by molar-refractivity contribution is 5.91. The zero-order valence-corrected chi connectivity index (χ0v) is 12.9. The third kappa shape index (κ3) is 3.62. The highest BCUT2D eigenvalue weighted by atomic mass is 16.6. The molecular weight excluding hydrogens is 310 g/mol. The van der Waals surface area contributed by atoms with Crippen molar-refractivity contribution in [2.24, 2.45) is 5.92 Å². The van der Waals surface area contributed by atoms with Crippen molar-refractivity contribution in [2.75, 3.05) is 18.5 Å². The van der Waals surface area contributed by atoms with Crippen molar-refractivity contribution in [3.8, 4) is 5.75 Å². The van der Waals surface area contributed by atoms with E-state index < -0.39 is 11.0 Å². The lowest BCUT2D eigenvalue weighted by molar-refractivity contribution is -0.383. The quantitative estimate of drug-likeness (QED) is 0.667. The third-order valence-corrected chi connectivity index (χ3v) is 3.86. The SMILES string of the molecule is O=C(NC[C@@H]1COc2ccccc2C1)Nc1ccccc1[N+](=O)[O-]. The molecule has 0 fully saturated rings. The summed E-state index contributed by atoms with van der Waals surface area (Å²) in [5.74, 6) is 1.05. The summed E-state index contributed by atoms with van der Waals surface area (Å²) in [6, 6.07) is 13.4. The number of ether oxygens (including phenoxy) is 1. The van der Waals surface area contributed by atoms with Crippen LogP contribution in [0.15, 0.2) is 48.5 Å². The summed E-state index contributed by atoms with van der Waals surface area (Å²) in [6.45, 7) is 0.962. The van der Waals surface area contributed by atoms with Gasteiger partial charge in [-0.2, -0.15) is 0 Å². The number of nitro benzene ring substituents is 1. The van der Waals surface area contributed by atoms with E-state index in [1.807, 2.05) is 24.3 Å². The molecule has 2 amide bonds. The largest absolute Gasteiger partial charge is 0.493 e. The van der Waals surface area contributed by atoms with E-state index in [1.54, 1.807) is 12.1 Å². The molecule has 2 N–H and O–H groups in total. The van der Waals surface area contributed by atoms with Gasteiger partial charge in [0.1, 0.15) is 11.4 Å². The number of carbonyl (C=O) groups excluding carboxylic acids is 1. The van der Waals surface area contributed by atoms with Crippen LogP contribution in [0.4, 0.5) is 16.2 Å². The lowest BCUT2D eigenvalue weighted by atomic mass is 9.97. The van der Waals surface area contributed by atoms with Crippen LogP contribution < -0.4 is 15.4 Å². The number of hydrogen-bond donors (Lipinski definition) is 2. The Labute approximate surface area is 138 Å². The Hall–Kier alpha value is -3.09. The molecule has 2 aromatic carbocycles. The Kier molecular flexibility index (Phi) is 4.60. The fourth-order valence-electron chi connectivity index (χ4n) is 2.66. The number of fused-ring (bicyclic) bond motifs is 1. The van der Waals surface area contributed by atoms with Crippen LogP contribution in [0.1, 0.15) is 5.56 Å². The highest BCUT2D eigenvalue weighted by Crippen LogP contribution is 2.26. The number of carbonyl (C=O) groups is 1. The van der Waals surface area contributed by atoms with Gasteiger partial charge in [0.15, 0.2) is 0 Å². The van der Waals surface area contributed by atoms with Crippen LogP contribution in [0.3, 0.4) is 0 Å². The molecule has 3 rings (SSSR count). The van der Waals surface area contributed by atoms with E-state index in [1.165, 1.54) is 12.1 Å². The van der Waals surface area contributed by atoms with E-state index >= 15 is 0 Å². The highest BCUT2D eigenvalue weighted by Gasteiger charge is 2.20. The van der Waals surface area contributed by atoms with Gasteiger partial charge < -0.3 is 15.4 Å². The summed E-state index contributed by atoms with van der Waals surface area (Å²) >= 11 is 0. The Morgan fingerprint density at radius 2 is 1.96 bits per heavy atom. The fraction of sp³-hybridized carbons (Fsp3) is 0.235. The van der Waals surface area contributed by atoms with Crippen molar-refractivity contribution in [1.29, 1.82) is 0 Å². The number of benzene rings is 2. The normalized spacial score (nSPS) is 15.8. The summed E-state index contributed by atoms with van der Waals surface area (Å²) < 4.78 is 5.68. The number of para-hydroxylation sites is 3. The van der Waals surface area contributed by atoms with Crippen molar-refractivity contribution >= 4 is 17.4 Å². The number of hydrogen-bond acceptors (Lipinski definition) is 4. The molecular formula is C17H17N3O4. The lowest BCUT2D eigenvalue weighted by Crippen LogP contribution is -2.37. The molecule has 7 nitrogen and oxygen atoms in total. The van der Waals surface area contributed by atoms with Gasteiger partial charge in [-0.15, -0.1) is 0 Å². The van der Waals surface area contributed by atoms with Crippen molar-refractivity contribution in [1.82, 2.24) is 5.32 Å². The van der Waals surface area contributed by atoms with Crippen LogP contribution in [0.25, 0.3) is 0 Å². The number of amides is 2. The zero-order valence-electron chi connectivity index (χ0n) is 12.9. The molecule has 7 heteroatoms. The first-order chi connectivity index (χ1) is 11.6. The van der Waals surface area contributed by atoms with E-state index in [0.29, 0.717) is 13.2 Å². The number of urea groups is 1. The number of rotatable bonds is 4. The predicted octanol–water partition coefficient (Wildman–Crippen LogP) is 2.97. The number of nitrogens with zero attached hydrogens (tertiary/aromatic N) is 1. The van der Waals surface area contributed by atoms with Crippen LogP contribution in [0, 0.1) is 16.0 Å². The van der Waals surface area contributed by atoms with Crippen molar-refractivity contribution < 1.29 is 14.5 Å². The summed E-state index contributed by atoms with van der Waals surface area (Å²) in [7, 11) is 0. The Morgan fingerprint density at radius 3 is 2.79 bits per heavy atom. The second-order valence-corrected chi connectivity index (χ2v) is 5.60. The van der Waals surface area contributed by atoms with Gasteiger partial charge in [-0.3, -0.25) is 10.1 Å². The molecule has 0 saturated carbocycles. The third-order valence-electron chi connectivity index (χ3n) is 3.86. The average molecular weight is 327 g/mol. The number of nitro groups is 1. The second-order valence-electron chi connectivity index (χ2n) is 5.60. The molecule has 0 bridgehead atoms. The Balaban J connectivity index is 1.55. The van der Waals surface area contributed by atoms with E-state index in [0.717, 1.165) is 17.7 Å². The smallest absolute Gasteiger partial charge is 0.319 e. The minimum absolute atomic E-state index is 0.137. The summed E-state index contributed by atoms with van der Waals surface area (Å²) in [5, 5.41) is 16.2. The van der Waals surface area contributed by atoms with E-state index in [2.05, 4.69) is 10.6 Å². The number of anilines is 1. The molecule has 0 spiro atoms. The first kappa shape index (κ1) is 15.8. The van der Waals surface area contributed by atoms with Gasteiger partial charge >= 0.3 is 6.03 Å². The molecule has 24 heavy (non-hydrogen) atoms. The first-order valence-electron chi connectivity index (χ1n) is 7.62. The average Bonchev–Trinajstić information content (AvgIpc) is 2.60. The fourth-order valence-corrected chi connectivity index (χ4v) is 2.66. The minimum Gasteiger partial charge on any atom is -0.493 e. The molecule has 1 heterocycles. The molecule has 0 aromatic heterocycles. The topological polar surface area (TPSA) is 93.5 Å². The van der Waals surface area contributed by atoms with Crippen LogP contribution in [0.5, 0.6) is 5.75 Å². The van der Waals surface area contributed by atoms with E-state index in [-0.39, 0.29) is 17.3 Å². The maximum atomic E-state index is 12.0. The van der Waals surface area contributed by atoms with Crippen LogP contribution in [-0.2, 0) is 6.42 Å². The summed E-state index contributed by atoms with van der Waals surface area (Å²) in [6.07, 6.45) is 0.821.